The average molecular weight is 273 g/mol. The molecule has 1 amide bonds. The van der Waals surface area contributed by atoms with Gasteiger partial charge in [-0.05, 0) is 18.6 Å². The third-order valence-corrected chi connectivity index (χ3v) is 2.99. The number of aromatic amines is 1. The molecular weight excluding hydrogens is 254 g/mol. The van der Waals surface area contributed by atoms with E-state index in [9.17, 15) is 4.79 Å². The molecule has 6 nitrogen and oxygen atoms in total. The summed E-state index contributed by atoms with van der Waals surface area (Å²) >= 11 is 0. The molecule has 20 heavy (non-hydrogen) atoms. The van der Waals surface area contributed by atoms with Gasteiger partial charge in [-0.15, -0.1) is 0 Å². The predicted molar refractivity (Wildman–Crippen MR) is 77.8 cm³/mol. The molecule has 0 saturated heterocycles. The number of anilines is 1. The van der Waals surface area contributed by atoms with E-state index in [0.29, 0.717) is 17.9 Å². The molecule has 0 spiro atoms. The van der Waals surface area contributed by atoms with E-state index >= 15 is 0 Å². The van der Waals surface area contributed by atoms with Crippen molar-refractivity contribution in [3.63, 3.8) is 0 Å². The highest BCUT2D eigenvalue weighted by molar-refractivity contribution is 5.95. The van der Waals surface area contributed by atoms with Crippen LogP contribution in [0, 0.1) is 0 Å². The Morgan fingerprint density at radius 3 is 2.90 bits per heavy atom. The van der Waals surface area contributed by atoms with Gasteiger partial charge in [-0.2, -0.15) is 0 Å². The van der Waals surface area contributed by atoms with E-state index < -0.39 is 0 Å². The van der Waals surface area contributed by atoms with Crippen molar-refractivity contribution in [1.82, 2.24) is 20.3 Å². The maximum atomic E-state index is 12.1. The maximum Gasteiger partial charge on any atom is 0.251 e. The highest BCUT2D eigenvalue weighted by Crippen LogP contribution is 2.10. The number of carbonyl (C=O) groups excluding carboxylic acids is 1. The number of imidazole rings is 1. The molecule has 2 rings (SSSR count). The number of rotatable bonds is 6. The van der Waals surface area contributed by atoms with Crippen molar-refractivity contribution in [2.24, 2.45) is 0 Å². The van der Waals surface area contributed by atoms with Gasteiger partial charge in [-0.3, -0.25) is 4.79 Å². The van der Waals surface area contributed by atoms with Gasteiger partial charge in [0.15, 0.2) is 0 Å². The van der Waals surface area contributed by atoms with Crippen molar-refractivity contribution in [1.29, 1.82) is 0 Å². The number of amides is 1. The van der Waals surface area contributed by atoms with E-state index in [4.69, 9.17) is 0 Å². The number of aryl methyl sites for hydroxylation is 1. The second kappa shape index (κ2) is 6.70. The van der Waals surface area contributed by atoms with Crippen molar-refractivity contribution >= 4 is 11.7 Å². The topological polar surface area (TPSA) is 82.7 Å². The Morgan fingerprint density at radius 1 is 1.40 bits per heavy atom. The van der Waals surface area contributed by atoms with Crippen molar-refractivity contribution in [3.05, 3.63) is 41.6 Å². The van der Waals surface area contributed by atoms with E-state index in [-0.39, 0.29) is 5.91 Å². The van der Waals surface area contributed by atoms with Gasteiger partial charge in [0.25, 0.3) is 5.91 Å². The Morgan fingerprint density at radius 2 is 2.25 bits per heavy atom. The van der Waals surface area contributed by atoms with Gasteiger partial charge >= 0.3 is 0 Å². The smallest absolute Gasteiger partial charge is 0.251 e. The zero-order valence-corrected chi connectivity index (χ0v) is 11.7. The van der Waals surface area contributed by atoms with Crippen LogP contribution in [0.4, 0.5) is 5.82 Å². The fourth-order valence-corrected chi connectivity index (χ4v) is 1.86. The molecule has 0 fully saturated rings. The predicted octanol–water partition coefficient (Wildman–Crippen LogP) is 1.38. The summed E-state index contributed by atoms with van der Waals surface area (Å²) in [5.41, 5.74) is 2.53. The van der Waals surface area contributed by atoms with Crippen LogP contribution in [0.2, 0.25) is 0 Å². The van der Waals surface area contributed by atoms with Gasteiger partial charge in [0, 0.05) is 43.2 Å². The molecule has 0 aliphatic carbocycles. The number of pyridine rings is 1. The molecular formula is C14H19N5O. The first kappa shape index (κ1) is 14.0. The number of nitrogens with one attached hydrogen (secondary N) is 3. The molecule has 106 valence electrons. The van der Waals surface area contributed by atoms with E-state index in [2.05, 4.69) is 25.6 Å². The van der Waals surface area contributed by atoms with Crippen molar-refractivity contribution in [3.8, 4) is 0 Å². The van der Waals surface area contributed by atoms with Crippen LogP contribution < -0.4 is 10.6 Å². The lowest BCUT2D eigenvalue weighted by molar-refractivity contribution is 0.0954. The minimum atomic E-state index is -0.0851. The Labute approximate surface area is 118 Å². The summed E-state index contributed by atoms with van der Waals surface area (Å²) in [4.78, 5) is 23.4. The van der Waals surface area contributed by atoms with E-state index in [1.54, 1.807) is 25.6 Å². The number of H-pyrrole nitrogens is 1. The van der Waals surface area contributed by atoms with Crippen LogP contribution in [0.15, 0.2) is 24.7 Å². The molecule has 0 aromatic carbocycles. The van der Waals surface area contributed by atoms with Crippen LogP contribution in [0.5, 0.6) is 0 Å². The SMILES string of the molecule is CCc1cc(C(=O)NCCc2cnc[nH]2)cc(NC)n1. The lowest BCUT2D eigenvalue weighted by Gasteiger charge is -2.08. The van der Waals surface area contributed by atoms with Crippen LogP contribution in [-0.4, -0.2) is 34.5 Å². The molecule has 2 aromatic rings. The number of hydrogen-bond acceptors (Lipinski definition) is 4. The monoisotopic (exact) mass is 273 g/mol. The summed E-state index contributed by atoms with van der Waals surface area (Å²) in [5, 5.41) is 5.87. The Kier molecular flexibility index (Phi) is 4.70. The molecule has 0 radical (unpaired) electrons. The van der Waals surface area contributed by atoms with Crippen molar-refractivity contribution < 1.29 is 4.79 Å². The van der Waals surface area contributed by atoms with Crippen LogP contribution in [0.3, 0.4) is 0 Å². The van der Waals surface area contributed by atoms with Crippen LogP contribution in [0.1, 0.15) is 28.7 Å². The van der Waals surface area contributed by atoms with Crippen LogP contribution in [0.25, 0.3) is 0 Å². The maximum absolute atomic E-state index is 12.1. The van der Waals surface area contributed by atoms with Crippen molar-refractivity contribution in [2.75, 3.05) is 18.9 Å². The van der Waals surface area contributed by atoms with Gasteiger partial charge in [0.1, 0.15) is 5.82 Å². The standard InChI is InChI=1S/C14H19N5O/c1-3-11-6-10(7-13(15-2)19-11)14(20)17-5-4-12-8-16-9-18-12/h6-9H,3-5H2,1-2H3,(H,15,19)(H,16,18)(H,17,20). The number of carbonyl (C=O) groups is 1. The third kappa shape index (κ3) is 3.57. The molecule has 0 bridgehead atoms. The van der Waals surface area contributed by atoms with Crippen LogP contribution >= 0.6 is 0 Å². The van der Waals surface area contributed by atoms with Gasteiger partial charge in [-0.25, -0.2) is 9.97 Å². The fourth-order valence-electron chi connectivity index (χ4n) is 1.86. The van der Waals surface area contributed by atoms with Gasteiger partial charge < -0.3 is 15.6 Å². The zero-order chi connectivity index (χ0) is 14.4. The first-order valence-corrected chi connectivity index (χ1v) is 6.67. The summed E-state index contributed by atoms with van der Waals surface area (Å²) in [7, 11) is 1.79. The second-order valence-corrected chi connectivity index (χ2v) is 4.42. The lowest BCUT2D eigenvalue weighted by Crippen LogP contribution is -2.26. The molecule has 3 N–H and O–H groups in total. The fraction of sp³-hybridized carbons (Fsp3) is 0.357. The van der Waals surface area contributed by atoms with Crippen molar-refractivity contribution in [2.45, 2.75) is 19.8 Å². The van der Waals surface area contributed by atoms with Gasteiger partial charge in [0.2, 0.25) is 0 Å². The average Bonchev–Trinajstić information content (AvgIpc) is 2.99. The summed E-state index contributed by atoms with van der Waals surface area (Å²) in [6, 6.07) is 3.58. The summed E-state index contributed by atoms with van der Waals surface area (Å²) in [6.07, 6.45) is 4.92. The second-order valence-electron chi connectivity index (χ2n) is 4.42. The first-order valence-electron chi connectivity index (χ1n) is 6.67. The Hall–Kier alpha value is -2.37. The van der Waals surface area contributed by atoms with E-state index in [1.807, 2.05) is 13.0 Å². The summed E-state index contributed by atoms with van der Waals surface area (Å²) in [5.74, 6) is 0.626. The molecule has 0 saturated carbocycles. The molecule has 6 heteroatoms. The number of aromatic nitrogens is 3. The van der Waals surface area contributed by atoms with E-state index in [1.165, 1.54) is 0 Å². The quantitative estimate of drug-likeness (QED) is 0.742. The normalized spacial score (nSPS) is 10.3. The van der Waals surface area contributed by atoms with Crippen LogP contribution in [-0.2, 0) is 12.8 Å². The zero-order valence-electron chi connectivity index (χ0n) is 11.7. The molecule has 2 aromatic heterocycles. The Bertz CT molecular complexity index is 543. The number of hydrogen-bond donors (Lipinski definition) is 3. The summed E-state index contributed by atoms with van der Waals surface area (Å²) in [6.45, 7) is 2.58. The minimum absolute atomic E-state index is 0.0851. The highest BCUT2D eigenvalue weighted by atomic mass is 16.1. The third-order valence-electron chi connectivity index (χ3n) is 2.99. The lowest BCUT2D eigenvalue weighted by atomic mass is 10.1. The number of nitrogens with zero attached hydrogens (tertiary/aromatic N) is 2. The summed E-state index contributed by atoms with van der Waals surface area (Å²) < 4.78 is 0. The molecule has 0 unspecified atom stereocenters. The highest BCUT2D eigenvalue weighted by Gasteiger charge is 2.08. The van der Waals surface area contributed by atoms with Gasteiger partial charge in [-0.1, -0.05) is 6.92 Å². The molecule has 0 aliphatic rings. The Balaban J connectivity index is 1.97. The molecule has 0 atom stereocenters. The minimum Gasteiger partial charge on any atom is -0.373 e. The molecule has 2 heterocycles. The van der Waals surface area contributed by atoms with Gasteiger partial charge in [0.05, 0.1) is 6.33 Å². The largest absolute Gasteiger partial charge is 0.373 e. The van der Waals surface area contributed by atoms with E-state index in [0.717, 1.165) is 24.2 Å². The molecule has 0 aliphatic heterocycles. The first-order chi connectivity index (χ1) is 9.72.